The highest BCUT2D eigenvalue weighted by atomic mass is 35.5. The molecule has 1 saturated carbocycles. The summed E-state index contributed by atoms with van der Waals surface area (Å²) in [5.74, 6) is -3.30. The van der Waals surface area contributed by atoms with Crippen molar-refractivity contribution in [2.45, 2.75) is 84.0 Å². The second-order valence-electron chi connectivity index (χ2n) is 11.3. The van der Waals surface area contributed by atoms with Gasteiger partial charge in [-0.25, -0.2) is 0 Å². The van der Waals surface area contributed by atoms with Crippen LogP contribution in [0.2, 0.25) is 10.0 Å². The third-order valence-corrected chi connectivity index (χ3v) is 7.00. The monoisotopic (exact) mass is 582 g/mol. The van der Waals surface area contributed by atoms with Gasteiger partial charge in [0, 0.05) is 23.5 Å². The van der Waals surface area contributed by atoms with E-state index in [0.29, 0.717) is 18.0 Å². The number of carbonyl (C=O) groups excluding carboxylic acids is 5. The van der Waals surface area contributed by atoms with Crippen LogP contribution >= 0.6 is 23.2 Å². The first-order valence-electron chi connectivity index (χ1n) is 13.1. The van der Waals surface area contributed by atoms with E-state index in [0.717, 1.165) is 12.8 Å². The van der Waals surface area contributed by atoms with Crippen molar-refractivity contribution >= 4 is 52.6 Å². The summed E-state index contributed by atoms with van der Waals surface area (Å²) in [4.78, 5) is 64.3. The molecule has 1 heterocycles. The van der Waals surface area contributed by atoms with Gasteiger partial charge >= 0.3 is 0 Å². The molecule has 1 aromatic rings. The molecule has 0 spiro atoms. The maximum atomic E-state index is 13.5. The quantitative estimate of drug-likeness (QED) is 0.279. The minimum atomic E-state index is -1.22. The highest BCUT2D eigenvalue weighted by Crippen LogP contribution is 2.28. The summed E-state index contributed by atoms with van der Waals surface area (Å²) in [7, 11) is 0. The van der Waals surface area contributed by atoms with Crippen molar-refractivity contribution in [3.63, 3.8) is 0 Å². The summed E-state index contributed by atoms with van der Waals surface area (Å²) in [5, 5.41) is 11.3. The third kappa shape index (κ3) is 9.39. The number of ketones is 1. The number of nitrogens with one attached hydrogen (secondary N) is 4. The Bertz CT molecular complexity index is 1120. The van der Waals surface area contributed by atoms with Gasteiger partial charge in [-0.05, 0) is 62.6 Å². The molecule has 2 aliphatic rings. The summed E-state index contributed by atoms with van der Waals surface area (Å²) >= 11 is 12.1. The van der Waals surface area contributed by atoms with Crippen LogP contribution in [-0.4, -0.2) is 60.2 Å². The van der Waals surface area contributed by atoms with Crippen LogP contribution in [0, 0.1) is 11.3 Å². The predicted molar refractivity (Wildman–Crippen MR) is 146 cm³/mol. The number of carbonyl (C=O) groups is 5. The Labute approximate surface area is 238 Å². The fraction of sp³-hybridized carbons (Fsp3) is 0.593. The van der Waals surface area contributed by atoms with E-state index in [1.807, 2.05) is 20.8 Å². The molecule has 1 unspecified atom stereocenters. The SMILES string of the molecule is C[C@@H](Oc1ccc(Cl)cc1Cl)C(=O)N[C@@H](CC(C)(C)C)C(=O)NC(C[C@@H]1CCNC1=O)C(=O)C(=O)NC1CC1. The van der Waals surface area contributed by atoms with Gasteiger partial charge in [-0.1, -0.05) is 44.0 Å². The lowest BCUT2D eigenvalue weighted by Gasteiger charge is -2.29. The van der Waals surface area contributed by atoms with Gasteiger partial charge in [0.1, 0.15) is 11.8 Å². The highest BCUT2D eigenvalue weighted by molar-refractivity contribution is 6.38. The molecule has 1 aliphatic heterocycles. The van der Waals surface area contributed by atoms with Gasteiger partial charge in [0.25, 0.3) is 11.8 Å². The molecule has 4 N–H and O–H groups in total. The van der Waals surface area contributed by atoms with Crippen molar-refractivity contribution in [2.24, 2.45) is 11.3 Å². The van der Waals surface area contributed by atoms with Gasteiger partial charge in [0.05, 0.1) is 11.1 Å². The van der Waals surface area contributed by atoms with Crippen LogP contribution in [0.5, 0.6) is 5.75 Å². The van der Waals surface area contributed by atoms with Crippen molar-refractivity contribution in [2.75, 3.05) is 6.54 Å². The Morgan fingerprint density at radius 1 is 1.05 bits per heavy atom. The predicted octanol–water partition coefficient (Wildman–Crippen LogP) is 2.54. The molecular weight excluding hydrogens is 547 g/mol. The van der Waals surface area contributed by atoms with E-state index in [4.69, 9.17) is 27.9 Å². The number of benzene rings is 1. The Morgan fingerprint density at radius 3 is 2.28 bits per heavy atom. The van der Waals surface area contributed by atoms with E-state index in [1.165, 1.54) is 19.1 Å². The fourth-order valence-corrected chi connectivity index (χ4v) is 4.68. The summed E-state index contributed by atoms with van der Waals surface area (Å²) in [6, 6.07) is 2.30. The first-order chi connectivity index (χ1) is 18.2. The van der Waals surface area contributed by atoms with E-state index in [2.05, 4.69) is 21.3 Å². The van der Waals surface area contributed by atoms with E-state index >= 15 is 0 Å². The normalized spacial score (nSPS) is 19.3. The molecule has 3 rings (SSSR count). The number of amides is 4. The molecule has 4 atom stereocenters. The third-order valence-electron chi connectivity index (χ3n) is 6.47. The van der Waals surface area contributed by atoms with Crippen molar-refractivity contribution in [1.29, 1.82) is 0 Å². The number of rotatable bonds is 12. The van der Waals surface area contributed by atoms with Crippen LogP contribution < -0.4 is 26.0 Å². The second-order valence-corrected chi connectivity index (χ2v) is 12.2. The molecular formula is C27H36Cl2N4O6. The lowest BCUT2D eigenvalue weighted by atomic mass is 9.87. The summed E-state index contributed by atoms with van der Waals surface area (Å²) in [5.41, 5.74) is -0.382. The second kappa shape index (κ2) is 13.0. The molecule has 1 aliphatic carbocycles. The maximum Gasteiger partial charge on any atom is 0.289 e. The summed E-state index contributed by atoms with van der Waals surface area (Å²) in [6.07, 6.45) is 1.29. The molecule has 214 valence electrons. The zero-order valence-corrected chi connectivity index (χ0v) is 24.1. The maximum absolute atomic E-state index is 13.5. The van der Waals surface area contributed by atoms with Gasteiger partial charge in [0.2, 0.25) is 17.6 Å². The molecule has 0 radical (unpaired) electrons. The van der Waals surface area contributed by atoms with Gasteiger partial charge in [-0.3, -0.25) is 24.0 Å². The number of Topliss-reactive ketones (excluding diaryl/α,β-unsaturated/α-hetero) is 1. The molecule has 4 amide bonds. The van der Waals surface area contributed by atoms with E-state index in [9.17, 15) is 24.0 Å². The topological polar surface area (TPSA) is 143 Å². The standard InChI is InChI=1S/C27H36Cl2N4O6/c1-14(39-21-8-5-16(28)12-18(21)29)23(35)33-20(13-27(2,3)4)25(37)32-19(11-15-9-10-30-24(15)36)22(34)26(38)31-17-6-7-17/h5,8,12,14-15,17,19-20H,6-7,9-11,13H2,1-4H3,(H,30,36)(H,31,38)(H,32,37)(H,33,35)/t14-,15+,19?,20+/m1/s1. The van der Waals surface area contributed by atoms with Crippen LogP contribution in [-0.2, 0) is 24.0 Å². The minimum Gasteiger partial charge on any atom is -0.479 e. The van der Waals surface area contributed by atoms with Gasteiger partial charge in [-0.15, -0.1) is 0 Å². The average molecular weight is 584 g/mol. The Kier molecular flexibility index (Phi) is 10.2. The van der Waals surface area contributed by atoms with Crippen molar-refractivity contribution in [3.8, 4) is 5.75 Å². The van der Waals surface area contributed by atoms with Gasteiger partial charge in [-0.2, -0.15) is 0 Å². The Hall–Kier alpha value is -2.85. The van der Waals surface area contributed by atoms with E-state index < -0.39 is 47.6 Å². The number of hydrogen-bond acceptors (Lipinski definition) is 6. The van der Waals surface area contributed by atoms with Crippen molar-refractivity contribution < 1.29 is 28.7 Å². The van der Waals surface area contributed by atoms with Crippen LogP contribution in [0.4, 0.5) is 0 Å². The molecule has 39 heavy (non-hydrogen) atoms. The Balaban J connectivity index is 1.73. The van der Waals surface area contributed by atoms with Crippen LogP contribution in [0.25, 0.3) is 0 Å². The van der Waals surface area contributed by atoms with E-state index in [-0.39, 0.29) is 41.0 Å². The number of halogens is 2. The lowest BCUT2D eigenvalue weighted by Crippen LogP contribution is -2.56. The molecule has 0 bridgehead atoms. The fourth-order valence-electron chi connectivity index (χ4n) is 4.23. The van der Waals surface area contributed by atoms with E-state index in [1.54, 1.807) is 6.07 Å². The first-order valence-corrected chi connectivity index (χ1v) is 13.8. The summed E-state index contributed by atoms with van der Waals surface area (Å²) < 4.78 is 5.68. The highest BCUT2D eigenvalue weighted by Gasteiger charge is 2.38. The van der Waals surface area contributed by atoms with Crippen molar-refractivity contribution in [3.05, 3.63) is 28.2 Å². The molecule has 12 heteroatoms. The van der Waals surface area contributed by atoms with Crippen molar-refractivity contribution in [1.82, 2.24) is 21.3 Å². The number of ether oxygens (including phenoxy) is 1. The molecule has 1 saturated heterocycles. The molecule has 10 nitrogen and oxygen atoms in total. The lowest BCUT2D eigenvalue weighted by molar-refractivity contribution is -0.141. The smallest absolute Gasteiger partial charge is 0.289 e. The zero-order valence-electron chi connectivity index (χ0n) is 22.6. The summed E-state index contributed by atoms with van der Waals surface area (Å²) in [6.45, 7) is 7.69. The van der Waals surface area contributed by atoms with Gasteiger partial charge in [0.15, 0.2) is 6.10 Å². The Morgan fingerprint density at radius 2 is 1.72 bits per heavy atom. The zero-order chi connectivity index (χ0) is 28.9. The molecule has 0 aromatic heterocycles. The number of hydrogen-bond donors (Lipinski definition) is 4. The largest absolute Gasteiger partial charge is 0.479 e. The first kappa shape index (κ1) is 30.7. The minimum absolute atomic E-state index is 0.0146. The molecule has 2 fully saturated rings. The average Bonchev–Trinajstić information content (AvgIpc) is 3.57. The van der Waals surface area contributed by atoms with Crippen LogP contribution in [0.1, 0.15) is 59.8 Å². The van der Waals surface area contributed by atoms with Crippen LogP contribution in [0.15, 0.2) is 18.2 Å². The van der Waals surface area contributed by atoms with Crippen LogP contribution in [0.3, 0.4) is 0 Å². The molecule has 1 aromatic carbocycles. The van der Waals surface area contributed by atoms with Gasteiger partial charge < -0.3 is 26.0 Å².